The number of allylic oxidation sites excluding steroid dienone is 1. The average Bonchev–Trinajstić information content (AvgIpc) is 2.58. The van der Waals surface area contributed by atoms with Gasteiger partial charge < -0.3 is 14.2 Å². The molecule has 6 heteroatoms. The second kappa shape index (κ2) is 10.4. The van der Waals surface area contributed by atoms with Gasteiger partial charge in [-0.05, 0) is 19.3 Å². The first-order valence-electron chi connectivity index (χ1n) is 7.97. The smallest absolute Gasteiger partial charge is 0.385 e. The van der Waals surface area contributed by atoms with Gasteiger partial charge in [-0.3, -0.25) is 0 Å². The van der Waals surface area contributed by atoms with Gasteiger partial charge in [-0.2, -0.15) is 0 Å². The van der Waals surface area contributed by atoms with E-state index >= 15 is 0 Å². The number of hydrogen-bond donors (Lipinski definition) is 0. The predicted molar refractivity (Wildman–Crippen MR) is 89.6 cm³/mol. The SMILES string of the molecule is C=CC(=O)OC(CC)(OC(=O)C=C)OC(=O)C(CC)=C(CC)CC. The van der Waals surface area contributed by atoms with Crippen LogP contribution < -0.4 is 0 Å². The second-order valence-electron chi connectivity index (χ2n) is 4.82. The number of carbonyl (C=O) groups excluding carboxylic acids is 3. The molecular formula is C18H26O6. The molecule has 0 aliphatic rings. The van der Waals surface area contributed by atoms with E-state index in [1.165, 1.54) is 0 Å². The van der Waals surface area contributed by atoms with Gasteiger partial charge in [0.1, 0.15) is 0 Å². The molecule has 0 saturated carbocycles. The lowest BCUT2D eigenvalue weighted by Gasteiger charge is -2.30. The maximum absolute atomic E-state index is 12.5. The van der Waals surface area contributed by atoms with Crippen LogP contribution in [0.3, 0.4) is 0 Å². The van der Waals surface area contributed by atoms with Crippen molar-refractivity contribution in [3.05, 3.63) is 36.5 Å². The van der Waals surface area contributed by atoms with Crippen LogP contribution in [0.2, 0.25) is 0 Å². The molecule has 0 rings (SSSR count). The molecule has 0 aromatic carbocycles. The van der Waals surface area contributed by atoms with Crippen LogP contribution in [0.15, 0.2) is 36.5 Å². The van der Waals surface area contributed by atoms with Gasteiger partial charge in [-0.15, -0.1) is 0 Å². The summed E-state index contributed by atoms with van der Waals surface area (Å²) in [6.45, 7) is 13.8. The van der Waals surface area contributed by atoms with Crippen LogP contribution in [0.4, 0.5) is 0 Å². The lowest BCUT2D eigenvalue weighted by molar-refractivity contribution is -0.325. The van der Waals surface area contributed by atoms with Crippen LogP contribution >= 0.6 is 0 Å². The molecule has 0 bridgehead atoms. The standard InChI is InChI=1S/C18H26O6/c1-7-13(8-2)14(9-3)17(21)24-18(12-6,22-15(19)10-4)23-16(20)11-5/h10-11H,4-5,7-9,12H2,1-3,6H3. The zero-order valence-electron chi connectivity index (χ0n) is 14.8. The monoisotopic (exact) mass is 338 g/mol. The Bertz CT molecular complexity index is 502. The topological polar surface area (TPSA) is 78.9 Å². The van der Waals surface area contributed by atoms with E-state index < -0.39 is 23.9 Å². The van der Waals surface area contributed by atoms with Crippen LogP contribution in [0, 0.1) is 0 Å². The summed E-state index contributed by atoms with van der Waals surface area (Å²) in [6, 6.07) is 0. The van der Waals surface area contributed by atoms with Crippen molar-refractivity contribution in [3.8, 4) is 0 Å². The number of esters is 3. The molecule has 24 heavy (non-hydrogen) atoms. The number of rotatable bonds is 10. The summed E-state index contributed by atoms with van der Waals surface area (Å²) < 4.78 is 15.3. The van der Waals surface area contributed by atoms with Gasteiger partial charge >= 0.3 is 23.9 Å². The molecular weight excluding hydrogens is 312 g/mol. The molecule has 0 radical (unpaired) electrons. The van der Waals surface area contributed by atoms with Gasteiger partial charge in [-0.25, -0.2) is 14.4 Å². The summed E-state index contributed by atoms with van der Waals surface area (Å²) in [6.07, 6.45) is 3.52. The normalized spacial score (nSPS) is 10.3. The van der Waals surface area contributed by atoms with Crippen molar-refractivity contribution in [2.45, 2.75) is 59.4 Å². The lowest BCUT2D eigenvalue weighted by atomic mass is 10.0. The Kier molecular flexibility index (Phi) is 9.38. The Morgan fingerprint density at radius 2 is 1.29 bits per heavy atom. The van der Waals surface area contributed by atoms with Gasteiger partial charge in [0.05, 0.1) is 6.42 Å². The molecule has 6 nitrogen and oxygen atoms in total. The van der Waals surface area contributed by atoms with Gasteiger partial charge in [0, 0.05) is 17.7 Å². The second-order valence-corrected chi connectivity index (χ2v) is 4.82. The minimum absolute atomic E-state index is 0.0809. The summed E-state index contributed by atoms with van der Waals surface area (Å²) in [4.78, 5) is 35.7. The van der Waals surface area contributed by atoms with E-state index in [2.05, 4.69) is 13.2 Å². The van der Waals surface area contributed by atoms with Gasteiger partial charge in [0.15, 0.2) is 0 Å². The van der Waals surface area contributed by atoms with Crippen LogP contribution in [-0.2, 0) is 28.6 Å². The van der Waals surface area contributed by atoms with Crippen molar-refractivity contribution >= 4 is 17.9 Å². The van der Waals surface area contributed by atoms with Crippen LogP contribution in [0.25, 0.3) is 0 Å². The van der Waals surface area contributed by atoms with Crippen molar-refractivity contribution in [2.24, 2.45) is 0 Å². The van der Waals surface area contributed by atoms with Crippen molar-refractivity contribution in [1.82, 2.24) is 0 Å². The van der Waals surface area contributed by atoms with E-state index in [-0.39, 0.29) is 6.42 Å². The Morgan fingerprint density at radius 1 is 0.833 bits per heavy atom. The molecule has 0 fully saturated rings. The van der Waals surface area contributed by atoms with E-state index in [1.807, 2.05) is 20.8 Å². The summed E-state index contributed by atoms with van der Waals surface area (Å²) in [7, 11) is 0. The molecule has 0 heterocycles. The minimum atomic E-state index is -2.15. The molecule has 0 aliphatic heterocycles. The van der Waals surface area contributed by atoms with Crippen molar-refractivity contribution in [1.29, 1.82) is 0 Å². The number of hydrogen-bond acceptors (Lipinski definition) is 6. The molecule has 0 amide bonds. The fraction of sp³-hybridized carbons (Fsp3) is 0.500. The first-order chi connectivity index (χ1) is 11.3. The summed E-state index contributed by atoms with van der Waals surface area (Å²) in [5.41, 5.74) is 1.40. The minimum Gasteiger partial charge on any atom is -0.385 e. The van der Waals surface area contributed by atoms with Crippen molar-refractivity contribution in [2.75, 3.05) is 0 Å². The third kappa shape index (κ3) is 6.02. The average molecular weight is 338 g/mol. The highest BCUT2D eigenvalue weighted by atomic mass is 16.9. The van der Waals surface area contributed by atoms with E-state index in [1.54, 1.807) is 6.92 Å². The Morgan fingerprint density at radius 3 is 1.58 bits per heavy atom. The van der Waals surface area contributed by atoms with Crippen LogP contribution in [-0.4, -0.2) is 23.9 Å². The summed E-state index contributed by atoms with van der Waals surface area (Å²) in [5, 5.41) is 0. The molecule has 0 aliphatic carbocycles. The maximum atomic E-state index is 12.5. The van der Waals surface area contributed by atoms with Gasteiger partial charge in [0.2, 0.25) is 0 Å². The van der Waals surface area contributed by atoms with Crippen molar-refractivity contribution < 1.29 is 28.6 Å². The number of carbonyl (C=O) groups is 3. The van der Waals surface area contributed by atoms with E-state index in [0.29, 0.717) is 24.8 Å². The molecule has 0 aromatic heterocycles. The highest BCUT2D eigenvalue weighted by molar-refractivity contribution is 5.90. The number of ether oxygens (including phenoxy) is 3. The molecule has 0 spiro atoms. The summed E-state index contributed by atoms with van der Waals surface area (Å²) >= 11 is 0. The molecule has 134 valence electrons. The highest BCUT2D eigenvalue weighted by Gasteiger charge is 2.41. The quantitative estimate of drug-likeness (QED) is 0.344. The third-order valence-electron chi connectivity index (χ3n) is 3.41. The first-order valence-corrected chi connectivity index (χ1v) is 7.97. The third-order valence-corrected chi connectivity index (χ3v) is 3.41. The molecule has 0 unspecified atom stereocenters. The molecule has 0 atom stereocenters. The molecule has 0 N–H and O–H groups in total. The van der Waals surface area contributed by atoms with E-state index in [4.69, 9.17) is 14.2 Å². The van der Waals surface area contributed by atoms with Gasteiger partial charge in [0.25, 0.3) is 0 Å². The van der Waals surface area contributed by atoms with Crippen LogP contribution in [0.5, 0.6) is 0 Å². The van der Waals surface area contributed by atoms with Crippen LogP contribution in [0.1, 0.15) is 53.4 Å². The predicted octanol–water partition coefficient (Wildman–Crippen LogP) is 3.58. The van der Waals surface area contributed by atoms with E-state index in [9.17, 15) is 14.4 Å². The van der Waals surface area contributed by atoms with E-state index in [0.717, 1.165) is 17.7 Å². The fourth-order valence-electron chi connectivity index (χ4n) is 2.09. The Labute approximate surface area is 143 Å². The maximum Gasteiger partial charge on any atom is 0.423 e. The largest absolute Gasteiger partial charge is 0.423 e. The zero-order chi connectivity index (χ0) is 18.8. The zero-order valence-corrected chi connectivity index (χ0v) is 14.8. The lowest BCUT2D eigenvalue weighted by Crippen LogP contribution is -2.43. The Hall–Kier alpha value is -2.37. The highest BCUT2D eigenvalue weighted by Crippen LogP contribution is 2.26. The van der Waals surface area contributed by atoms with Gasteiger partial charge in [-0.1, -0.05) is 46.4 Å². The fourth-order valence-corrected chi connectivity index (χ4v) is 2.09. The Balaban J connectivity index is 5.72. The molecule has 0 saturated heterocycles. The molecule has 0 aromatic rings. The first kappa shape index (κ1) is 21.6. The summed E-state index contributed by atoms with van der Waals surface area (Å²) in [5.74, 6) is -4.60. The van der Waals surface area contributed by atoms with Crippen molar-refractivity contribution in [3.63, 3.8) is 0 Å².